The van der Waals surface area contributed by atoms with Gasteiger partial charge in [-0.15, -0.1) is 0 Å². The molecule has 156 valence electrons. The first-order valence-electron chi connectivity index (χ1n) is 7.81. The first kappa shape index (κ1) is 37.8. The van der Waals surface area contributed by atoms with Gasteiger partial charge in [0.15, 0.2) is 0 Å². The molecule has 11 heteroatoms. The molecule has 0 rings (SSSR count). The van der Waals surface area contributed by atoms with Gasteiger partial charge in [0, 0.05) is 44.6 Å². The summed E-state index contributed by atoms with van der Waals surface area (Å²) in [4.78, 5) is 24.6. The Hall–Kier alpha value is 1.08. The predicted octanol–water partition coefficient (Wildman–Crippen LogP) is 1.37. The zero-order valence-corrected chi connectivity index (χ0v) is 22.7. The summed E-state index contributed by atoms with van der Waals surface area (Å²) in [5, 5.41) is 8.06. The molecule has 0 amide bonds. The van der Waals surface area contributed by atoms with E-state index in [0.717, 1.165) is 0 Å². The van der Waals surface area contributed by atoms with Crippen molar-refractivity contribution in [2.45, 2.75) is 99.1 Å². The minimum absolute atomic E-state index is 0. The second-order valence-electron chi connectivity index (χ2n) is 8.01. The Morgan fingerprint density at radius 3 is 0.692 bits per heavy atom. The van der Waals surface area contributed by atoms with E-state index in [2.05, 4.69) is 0 Å². The fourth-order valence-electron chi connectivity index (χ4n) is 0.411. The third kappa shape index (κ3) is 85.0. The zero-order valence-electron chi connectivity index (χ0n) is 18.1. The standard InChI is InChI=1S/3C4H10O2Si.C3H8O.Ti/c3*1-4(2,3)6-7-5;1-3(2)4;/h3*5H,1-3H3;3-4H,1-2H3;. The first-order chi connectivity index (χ1) is 10.9. The van der Waals surface area contributed by atoms with Crippen molar-refractivity contribution in [1.82, 2.24) is 0 Å². The van der Waals surface area contributed by atoms with Crippen LogP contribution in [0.3, 0.4) is 0 Å². The van der Waals surface area contributed by atoms with Crippen molar-refractivity contribution in [3.63, 3.8) is 0 Å². The molecule has 26 heavy (non-hydrogen) atoms. The van der Waals surface area contributed by atoms with Crippen LogP contribution in [0.4, 0.5) is 0 Å². The normalized spacial score (nSPS) is 11.1. The number of aliphatic hydroxyl groups is 1. The average Bonchev–Trinajstić information content (AvgIpc) is 2.24. The van der Waals surface area contributed by atoms with E-state index in [9.17, 15) is 0 Å². The van der Waals surface area contributed by atoms with Gasteiger partial charge in [-0.3, -0.25) is 0 Å². The molecule has 0 aromatic rings. The quantitative estimate of drug-likeness (QED) is 0.469. The molecule has 0 aromatic carbocycles. The summed E-state index contributed by atoms with van der Waals surface area (Å²) in [6.07, 6.45) is -0.167. The molecule has 0 atom stereocenters. The summed E-state index contributed by atoms with van der Waals surface area (Å²) in [7, 11) is -1.17. The molecule has 0 saturated carbocycles. The van der Waals surface area contributed by atoms with Crippen LogP contribution in [0.25, 0.3) is 0 Å². The second-order valence-corrected chi connectivity index (χ2v) is 9.17. The summed E-state index contributed by atoms with van der Waals surface area (Å²) < 4.78 is 14.4. The summed E-state index contributed by atoms with van der Waals surface area (Å²) in [6.45, 7) is 20.5. The van der Waals surface area contributed by atoms with Gasteiger partial charge in [-0.25, -0.2) is 0 Å². The Morgan fingerprint density at radius 1 is 0.577 bits per heavy atom. The van der Waals surface area contributed by atoms with Gasteiger partial charge in [0.05, 0.1) is 0 Å². The van der Waals surface area contributed by atoms with Crippen LogP contribution in [0.2, 0.25) is 0 Å². The van der Waals surface area contributed by atoms with Crippen LogP contribution in [0, 0.1) is 0 Å². The molecule has 4 N–H and O–H groups in total. The topological polar surface area (TPSA) is 109 Å². The van der Waals surface area contributed by atoms with Gasteiger partial charge < -0.3 is 32.8 Å². The minimum Gasteiger partial charge on any atom is -0.409 e. The fourth-order valence-corrected chi connectivity index (χ4v) is 1.23. The Kier molecular flexibility index (Phi) is 30.2. The van der Waals surface area contributed by atoms with Crippen molar-refractivity contribution in [3.8, 4) is 0 Å². The largest absolute Gasteiger partial charge is 0.430 e. The van der Waals surface area contributed by atoms with Gasteiger partial charge in [-0.1, -0.05) is 0 Å². The van der Waals surface area contributed by atoms with Crippen molar-refractivity contribution < 1.29 is 54.5 Å². The molecule has 0 aromatic heterocycles. The molecule has 0 heterocycles. The smallest absolute Gasteiger partial charge is 0.409 e. The Labute approximate surface area is 183 Å². The van der Waals surface area contributed by atoms with E-state index in [0.29, 0.717) is 0 Å². The van der Waals surface area contributed by atoms with Gasteiger partial charge in [0.25, 0.3) is 0 Å². The van der Waals surface area contributed by atoms with Crippen LogP contribution in [0.5, 0.6) is 0 Å². The Bertz CT molecular complexity index is 225. The van der Waals surface area contributed by atoms with E-state index in [4.69, 9.17) is 32.8 Å². The van der Waals surface area contributed by atoms with Crippen LogP contribution in [-0.4, -0.2) is 72.4 Å². The van der Waals surface area contributed by atoms with E-state index in [1.165, 1.54) is 0 Å². The van der Waals surface area contributed by atoms with Crippen LogP contribution in [0.15, 0.2) is 0 Å². The number of hydrogen-bond acceptors (Lipinski definition) is 7. The van der Waals surface area contributed by atoms with Gasteiger partial charge in [-0.2, -0.15) is 0 Å². The van der Waals surface area contributed by atoms with E-state index >= 15 is 0 Å². The molecule has 0 saturated heterocycles. The molecular weight excluding hydrogens is 424 g/mol. The van der Waals surface area contributed by atoms with Gasteiger partial charge in [-0.05, 0) is 76.2 Å². The molecule has 6 radical (unpaired) electrons. The van der Waals surface area contributed by atoms with Crippen molar-refractivity contribution in [2.75, 3.05) is 0 Å². The van der Waals surface area contributed by atoms with Crippen LogP contribution in [-0.2, 0) is 35.0 Å². The van der Waals surface area contributed by atoms with E-state index in [1.54, 1.807) is 13.8 Å². The average molecular weight is 463 g/mol. The third-order valence-corrected chi connectivity index (χ3v) is 3.17. The molecule has 0 aliphatic heterocycles. The van der Waals surface area contributed by atoms with Crippen molar-refractivity contribution >= 4 is 30.0 Å². The maximum Gasteiger partial charge on any atom is 0.430 e. The van der Waals surface area contributed by atoms with E-state index in [1.807, 2.05) is 62.3 Å². The fraction of sp³-hybridized carbons (Fsp3) is 1.00. The van der Waals surface area contributed by atoms with Gasteiger partial charge in [0.1, 0.15) is 0 Å². The molecule has 0 unspecified atom stereocenters. The van der Waals surface area contributed by atoms with Crippen molar-refractivity contribution in [1.29, 1.82) is 0 Å². The van der Waals surface area contributed by atoms with Crippen molar-refractivity contribution in [2.24, 2.45) is 0 Å². The molecular formula is C15H38O7Si3Ti. The van der Waals surface area contributed by atoms with Gasteiger partial charge in [0.2, 0.25) is 0 Å². The first-order valence-corrected chi connectivity index (χ1v) is 10.4. The molecule has 0 aliphatic rings. The monoisotopic (exact) mass is 462 g/mol. The molecule has 0 fully saturated rings. The third-order valence-electron chi connectivity index (χ3n) is 1.06. The zero-order chi connectivity index (χ0) is 21.3. The Balaban J connectivity index is -0.0000000759. The summed E-state index contributed by atoms with van der Waals surface area (Å²) in [5.74, 6) is 0. The maximum atomic E-state index is 8.21. The summed E-state index contributed by atoms with van der Waals surface area (Å²) >= 11 is 0. The van der Waals surface area contributed by atoms with Crippen LogP contribution >= 0.6 is 0 Å². The van der Waals surface area contributed by atoms with E-state index < -0.39 is 30.0 Å². The van der Waals surface area contributed by atoms with Crippen LogP contribution < -0.4 is 0 Å². The minimum atomic E-state index is -0.391. The SMILES string of the molecule is CC(C)(C)O[Si]O.CC(C)(C)O[Si]O.CC(C)(C)O[Si]O.CC(C)O.[Ti]. The molecule has 7 nitrogen and oxygen atoms in total. The van der Waals surface area contributed by atoms with Gasteiger partial charge >= 0.3 is 30.0 Å². The van der Waals surface area contributed by atoms with E-state index in [-0.39, 0.29) is 44.6 Å². The summed E-state index contributed by atoms with van der Waals surface area (Å²) in [6, 6.07) is 0. The number of rotatable bonds is 3. The van der Waals surface area contributed by atoms with Crippen molar-refractivity contribution in [3.05, 3.63) is 0 Å². The number of hydrogen-bond donors (Lipinski definition) is 4. The molecule has 0 aliphatic carbocycles. The van der Waals surface area contributed by atoms with Crippen LogP contribution in [0.1, 0.15) is 76.2 Å². The molecule has 0 bridgehead atoms. The predicted molar refractivity (Wildman–Crippen MR) is 104 cm³/mol. The maximum absolute atomic E-state index is 8.21. The Morgan fingerprint density at radius 2 is 0.692 bits per heavy atom. The molecule has 0 spiro atoms. The summed E-state index contributed by atoms with van der Waals surface area (Å²) in [5.41, 5.74) is -0.562. The second kappa shape index (κ2) is 20.8. The number of aliphatic hydroxyl groups excluding tert-OH is 1.